The number of allylic oxidation sites excluding steroid dienone is 1. The molecule has 2 aromatic rings. The molecule has 4 rings (SSSR count). The van der Waals surface area contributed by atoms with E-state index in [4.69, 9.17) is 4.74 Å². The number of hydrogen-bond donors (Lipinski definition) is 2. The van der Waals surface area contributed by atoms with Gasteiger partial charge in [-0.1, -0.05) is 12.1 Å². The second-order valence-corrected chi connectivity index (χ2v) is 7.41. The second-order valence-electron chi connectivity index (χ2n) is 7.41. The lowest BCUT2D eigenvalue weighted by Crippen LogP contribution is -3.14. The van der Waals surface area contributed by atoms with Gasteiger partial charge in [-0.2, -0.15) is 0 Å². The number of halogens is 1. The molecular formula is C22H23FNO3+. The fourth-order valence-electron chi connectivity index (χ4n) is 3.92. The van der Waals surface area contributed by atoms with E-state index >= 15 is 0 Å². The number of benzene rings is 2. The van der Waals surface area contributed by atoms with Gasteiger partial charge in [0.1, 0.15) is 18.1 Å². The molecule has 1 saturated heterocycles. The third kappa shape index (κ3) is 3.47. The van der Waals surface area contributed by atoms with Crippen molar-refractivity contribution in [3.63, 3.8) is 0 Å². The van der Waals surface area contributed by atoms with Crippen molar-refractivity contribution in [1.82, 2.24) is 0 Å². The van der Waals surface area contributed by atoms with Crippen LogP contribution >= 0.6 is 0 Å². The molecule has 4 nitrogen and oxygen atoms in total. The molecule has 0 bridgehead atoms. The van der Waals surface area contributed by atoms with Crippen LogP contribution < -0.4 is 9.64 Å². The Kier molecular flexibility index (Phi) is 4.70. The van der Waals surface area contributed by atoms with E-state index in [1.54, 1.807) is 30.3 Å². The zero-order chi connectivity index (χ0) is 19.0. The van der Waals surface area contributed by atoms with E-state index < -0.39 is 0 Å². The van der Waals surface area contributed by atoms with Crippen molar-refractivity contribution in [2.45, 2.75) is 38.8 Å². The third-order valence-corrected chi connectivity index (χ3v) is 5.57. The van der Waals surface area contributed by atoms with Gasteiger partial charge < -0.3 is 14.7 Å². The quantitative estimate of drug-likeness (QED) is 0.819. The topological polar surface area (TPSA) is 51.0 Å². The van der Waals surface area contributed by atoms with Crippen LogP contribution in [0, 0.1) is 5.82 Å². The van der Waals surface area contributed by atoms with E-state index in [-0.39, 0.29) is 23.1 Å². The van der Waals surface area contributed by atoms with Gasteiger partial charge in [0.05, 0.1) is 23.7 Å². The number of likely N-dealkylation sites (tertiary alicyclic amines) is 1. The molecule has 0 aliphatic carbocycles. The van der Waals surface area contributed by atoms with E-state index in [2.05, 4.69) is 6.92 Å². The summed E-state index contributed by atoms with van der Waals surface area (Å²) in [6.45, 7) is 3.91. The summed E-state index contributed by atoms with van der Waals surface area (Å²) < 4.78 is 19.0. The highest BCUT2D eigenvalue weighted by molar-refractivity contribution is 6.14. The largest absolute Gasteiger partial charge is 0.507 e. The van der Waals surface area contributed by atoms with Gasteiger partial charge in [-0.15, -0.1) is 0 Å². The molecule has 2 N–H and O–H groups in total. The zero-order valence-electron chi connectivity index (χ0n) is 15.3. The van der Waals surface area contributed by atoms with Gasteiger partial charge in [0.25, 0.3) is 0 Å². The first kappa shape index (κ1) is 17.7. The van der Waals surface area contributed by atoms with Gasteiger partial charge in [-0.25, -0.2) is 4.39 Å². The minimum atomic E-state index is -0.329. The first-order valence-electron chi connectivity index (χ1n) is 9.42. The van der Waals surface area contributed by atoms with E-state index in [9.17, 15) is 14.3 Å². The van der Waals surface area contributed by atoms with Crippen LogP contribution in [0.3, 0.4) is 0 Å². The van der Waals surface area contributed by atoms with E-state index in [0.29, 0.717) is 35.0 Å². The van der Waals surface area contributed by atoms with Crippen molar-refractivity contribution in [2.24, 2.45) is 0 Å². The summed E-state index contributed by atoms with van der Waals surface area (Å²) in [7, 11) is 0. The first-order valence-corrected chi connectivity index (χ1v) is 9.42. The number of fused-ring (bicyclic) bond motifs is 1. The van der Waals surface area contributed by atoms with Crippen molar-refractivity contribution in [1.29, 1.82) is 0 Å². The minimum absolute atomic E-state index is 0.162. The number of hydrogen-bond acceptors (Lipinski definition) is 3. The monoisotopic (exact) mass is 368 g/mol. The van der Waals surface area contributed by atoms with Crippen LogP contribution in [0.15, 0.2) is 42.2 Å². The van der Waals surface area contributed by atoms with E-state index in [1.807, 2.05) is 0 Å². The number of ether oxygens (including phenoxy) is 1. The fourth-order valence-corrected chi connectivity index (χ4v) is 3.92. The molecule has 140 valence electrons. The van der Waals surface area contributed by atoms with Crippen molar-refractivity contribution in [2.75, 3.05) is 6.54 Å². The molecule has 2 aromatic carbocycles. The number of aromatic hydroxyl groups is 1. The molecule has 27 heavy (non-hydrogen) atoms. The SMILES string of the molecule is C[C@@H]1CCCC[NH+]1Cc1c(O)ccc2c1O/C(=C\c1ccc(F)cc1)C2=O. The lowest BCUT2D eigenvalue weighted by atomic mass is 10.0. The molecule has 1 fully saturated rings. The Morgan fingerprint density at radius 1 is 1.22 bits per heavy atom. The summed E-state index contributed by atoms with van der Waals surface area (Å²) in [5.74, 6) is 0.279. The molecule has 0 radical (unpaired) electrons. The first-order chi connectivity index (χ1) is 13.0. The highest BCUT2D eigenvalue weighted by atomic mass is 19.1. The molecule has 2 aliphatic heterocycles. The van der Waals surface area contributed by atoms with Crippen LogP contribution in [0.25, 0.3) is 6.08 Å². The van der Waals surface area contributed by atoms with Crippen LogP contribution in [0.4, 0.5) is 4.39 Å². The lowest BCUT2D eigenvalue weighted by Gasteiger charge is -2.30. The van der Waals surface area contributed by atoms with Crippen LogP contribution in [0.2, 0.25) is 0 Å². The van der Waals surface area contributed by atoms with Crippen LogP contribution in [0.1, 0.15) is 47.7 Å². The Hall–Kier alpha value is -2.66. The number of rotatable bonds is 3. The number of phenolic OH excluding ortho intramolecular Hbond substituents is 1. The van der Waals surface area contributed by atoms with Crippen molar-refractivity contribution in [3.8, 4) is 11.5 Å². The number of ketones is 1. The van der Waals surface area contributed by atoms with Crippen molar-refractivity contribution < 1.29 is 23.9 Å². The van der Waals surface area contributed by atoms with Gasteiger partial charge >= 0.3 is 0 Å². The molecule has 5 heteroatoms. The summed E-state index contributed by atoms with van der Waals surface area (Å²) in [5.41, 5.74) is 1.85. The lowest BCUT2D eigenvalue weighted by molar-refractivity contribution is -0.941. The minimum Gasteiger partial charge on any atom is -0.507 e. The smallest absolute Gasteiger partial charge is 0.231 e. The summed E-state index contributed by atoms with van der Waals surface area (Å²) in [6.07, 6.45) is 5.19. The number of Topliss-reactive ketones (excluding diaryl/α,β-unsaturated/α-hetero) is 1. The Morgan fingerprint density at radius 3 is 2.74 bits per heavy atom. The molecule has 0 amide bonds. The molecule has 2 heterocycles. The molecule has 2 atom stereocenters. The summed E-state index contributed by atoms with van der Waals surface area (Å²) in [6, 6.07) is 9.58. The Labute approximate surface area is 157 Å². The predicted octanol–water partition coefficient (Wildman–Crippen LogP) is 3.10. The molecule has 2 aliphatic rings. The van der Waals surface area contributed by atoms with Crippen LogP contribution in [0.5, 0.6) is 11.5 Å². The Balaban J connectivity index is 1.65. The number of phenols is 1. The number of nitrogens with one attached hydrogen (secondary N) is 1. The number of piperidine rings is 1. The van der Waals surface area contributed by atoms with E-state index in [1.165, 1.54) is 36.3 Å². The summed E-state index contributed by atoms with van der Waals surface area (Å²) >= 11 is 0. The third-order valence-electron chi connectivity index (χ3n) is 5.57. The number of quaternary nitrogens is 1. The van der Waals surface area contributed by atoms with E-state index in [0.717, 1.165) is 6.54 Å². The fraction of sp³-hybridized carbons (Fsp3) is 0.318. The predicted molar refractivity (Wildman–Crippen MR) is 100 cm³/mol. The maximum absolute atomic E-state index is 13.1. The second kappa shape index (κ2) is 7.16. The van der Waals surface area contributed by atoms with Crippen LogP contribution in [-0.2, 0) is 6.54 Å². The highest BCUT2D eigenvalue weighted by Crippen LogP contribution is 2.39. The molecular weight excluding hydrogens is 345 g/mol. The molecule has 0 spiro atoms. The average molecular weight is 368 g/mol. The van der Waals surface area contributed by atoms with Gasteiger partial charge in [0.2, 0.25) is 5.78 Å². The number of carbonyl (C=O) groups is 1. The number of carbonyl (C=O) groups excluding carboxylic acids is 1. The summed E-state index contributed by atoms with van der Waals surface area (Å²) in [4.78, 5) is 14.1. The average Bonchev–Trinajstić information content (AvgIpc) is 2.97. The molecule has 0 saturated carbocycles. The maximum atomic E-state index is 13.1. The Bertz CT molecular complexity index is 905. The molecule has 1 unspecified atom stereocenters. The van der Waals surface area contributed by atoms with Crippen molar-refractivity contribution in [3.05, 3.63) is 64.7 Å². The summed E-state index contributed by atoms with van der Waals surface area (Å²) in [5, 5.41) is 10.4. The van der Waals surface area contributed by atoms with Gasteiger partial charge in [-0.05, 0) is 62.1 Å². The van der Waals surface area contributed by atoms with Gasteiger partial charge in [-0.3, -0.25) is 4.79 Å². The highest BCUT2D eigenvalue weighted by Gasteiger charge is 2.33. The van der Waals surface area contributed by atoms with Crippen molar-refractivity contribution >= 4 is 11.9 Å². The van der Waals surface area contributed by atoms with Gasteiger partial charge in [0.15, 0.2) is 11.5 Å². The normalized spacial score (nSPS) is 23.3. The molecule has 0 aromatic heterocycles. The standard InChI is InChI=1S/C22H22FNO3/c1-14-4-2-3-11-24(14)13-18-19(25)10-9-17-21(26)20(27-22(17)18)12-15-5-7-16(23)8-6-15/h5-10,12,14,25H,2-4,11,13H2,1H3/p+1/b20-12-/t14-/m1/s1. The van der Waals surface area contributed by atoms with Crippen LogP contribution in [-0.4, -0.2) is 23.5 Å². The Morgan fingerprint density at radius 2 is 2.00 bits per heavy atom. The van der Waals surface area contributed by atoms with Gasteiger partial charge in [0, 0.05) is 0 Å². The maximum Gasteiger partial charge on any atom is 0.231 e. The zero-order valence-corrected chi connectivity index (χ0v) is 15.3.